The largest absolute Gasteiger partial charge is 0.367 e. The van der Waals surface area contributed by atoms with Gasteiger partial charge in [0.2, 0.25) is 0 Å². The minimum absolute atomic E-state index is 0.243. The Morgan fingerprint density at radius 2 is 2.04 bits per heavy atom. The number of halogens is 1. The SMILES string of the molecule is Fc1cccnc1C1(CNc2nnccc2-c2ccc3nc[nH]c3c2)CCC1. The van der Waals surface area contributed by atoms with Gasteiger partial charge in [-0.25, -0.2) is 9.37 Å². The van der Waals surface area contributed by atoms with Crippen molar-refractivity contribution in [3.05, 3.63) is 66.6 Å². The average molecular weight is 374 g/mol. The number of fused-ring (bicyclic) bond motifs is 1. The predicted octanol–water partition coefficient (Wildman–Crippen LogP) is 4.09. The van der Waals surface area contributed by atoms with Gasteiger partial charge in [-0.15, -0.1) is 5.10 Å². The number of hydrogen-bond acceptors (Lipinski definition) is 5. The van der Waals surface area contributed by atoms with Gasteiger partial charge in [0.15, 0.2) is 5.82 Å². The van der Waals surface area contributed by atoms with Gasteiger partial charge in [-0.3, -0.25) is 4.98 Å². The molecule has 0 atom stereocenters. The standard InChI is InChI=1S/C21H19FN6/c22-16-3-1-9-23-19(16)21(7-2-8-21)12-24-20-15(6-10-27-28-20)14-4-5-17-18(11-14)26-13-25-17/h1,3-6,9-11,13H,2,7-8,12H2,(H,24,28)(H,25,26). The van der Waals surface area contributed by atoms with Gasteiger partial charge in [-0.2, -0.15) is 5.10 Å². The second-order valence-electron chi connectivity index (χ2n) is 7.25. The number of imidazole rings is 1. The van der Waals surface area contributed by atoms with Crippen molar-refractivity contribution in [2.24, 2.45) is 0 Å². The van der Waals surface area contributed by atoms with Crippen LogP contribution >= 0.6 is 0 Å². The van der Waals surface area contributed by atoms with Crippen LogP contribution in [0.3, 0.4) is 0 Å². The van der Waals surface area contributed by atoms with Crippen LogP contribution in [-0.4, -0.2) is 31.7 Å². The summed E-state index contributed by atoms with van der Waals surface area (Å²) in [4.78, 5) is 11.7. The van der Waals surface area contributed by atoms with Crippen LogP contribution < -0.4 is 5.32 Å². The molecule has 3 aromatic heterocycles. The van der Waals surface area contributed by atoms with Gasteiger partial charge in [0, 0.05) is 23.7 Å². The molecule has 0 spiro atoms. The maximum Gasteiger partial charge on any atom is 0.156 e. The molecule has 1 aliphatic carbocycles. The lowest BCUT2D eigenvalue weighted by Gasteiger charge is -2.41. The number of hydrogen-bond donors (Lipinski definition) is 2. The normalized spacial score (nSPS) is 15.3. The van der Waals surface area contributed by atoms with Crippen molar-refractivity contribution < 1.29 is 4.39 Å². The summed E-state index contributed by atoms with van der Waals surface area (Å²) in [5.41, 5.74) is 4.08. The van der Waals surface area contributed by atoms with Gasteiger partial charge in [0.25, 0.3) is 0 Å². The van der Waals surface area contributed by atoms with E-state index in [-0.39, 0.29) is 11.2 Å². The van der Waals surface area contributed by atoms with E-state index in [9.17, 15) is 4.39 Å². The van der Waals surface area contributed by atoms with Gasteiger partial charge in [0.1, 0.15) is 5.82 Å². The summed E-state index contributed by atoms with van der Waals surface area (Å²) in [6.45, 7) is 0.568. The Balaban J connectivity index is 1.45. The second kappa shape index (κ2) is 6.67. The fourth-order valence-electron chi connectivity index (χ4n) is 3.93. The molecule has 0 unspecified atom stereocenters. The topological polar surface area (TPSA) is 79.4 Å². The van der Waals surface area contributed by atoms with Crippen LogP contribution in [0.15, 0.2) is 55.1 Å². The van der Waals surface area contributed by atoms with Crippen molar-refractivity contribution in [3.8, 4) is 11.1 Å². The molecule has 6 nitrogen and oxygen atoms in total. The van der Waals surface area contributed by atoms with Gasteiger partial charge in [-0.1, -0.05) is 12.5 Å². The Hall–Kier alpha value is -3.35. The lowest BCUT2D eigenvalue weighted by molar-refractivity contribution is 0.243. The van der Waals surface area contributed by atoms with E-state index in [0.717, 1.165) is 41.4 Å². The molecule has 1 aromatic carbocycles. The molecule has 0 radical (unpaired) electrons. The summed E-state index contributed by atoms with van der Waals surface area (Å²) in [7, 11) is 0. The minimum Gasteiger partial charge on any atom is -0.367 e. The molecule has 0 amide bonds. The fourth-order valence-corrected chi connectivity index (χ4v) is 3.93. The number of nitrogens with zero attached hydrogens (tertiary/aromatic N) is 4. The van der Waals surface area contributed by atoms with E-state index in [4.69, 9.17) is 0 Å². The summed E-state index contributed by atoms with van der Waals surface area (Å²) >= 11 is 0. The lowest BCUT2D eigenvalue weighted by atomic mass is 9.66. The van der Waals surface area contributed by atoms with Gasteiger partial charge < -0.3 is 10.3 Å². The average Bonchev–Trinajstić information content (AvgIpc) is 3.16. The maximum absolute atomic E-state index is 14.4. The van der Waals surface area contributed by atoms with E-state index in [1.807, 2.05) is 24.3 Å². The number of rotatable bonds is 5. The van der Waals surface area contributed by atoms with Gasteiger partial charge in [-0.05, 0) is 48.7 Å². The number of benzene rings is 1. The monoisotopic (exact) mass is 374 g/mol. The van der Waals surface area contributed by atoms with Crippen LogP contribution in [0.4, 0.5) is 10.2 Å². The molecule has 1 saturated carbocycles. The summed E-state index contributed by atoms with van der Waals surface area (Å²) in [5.74, 6) is 0.442. The molecule has 0 bridgehead atoms. The lowest BCUT2D eigenvalue weighted by Crippen LogP contribution is -2.42. The third-order valence-corrected chi connectivity index (χ3v) is 5.62. The molecular formula is C21H19FN6. The van der Waals surface area contributed by atoms with Crippen LogP contribution in [-0.2, 0) is 5.41 Å². The zero-order chi connectivity index (χ0) is 19.0. The Kier molecular flexibility index (Phi) is 4.00. The van der Waals surface area contributed by atoms with E-state index in [1.165, 1.54) is 6.07 Å². The number of nitrogens with one attached hydrogen (secondary N) is 2. The first-order valence-electron chi connectivity index (χ1n) is 9.35. The molecule has 28 heavy (non-hydrogen) atoms. The van der Waals surface area contributed by atoms with Crippen LogP contribution in [0, 0.1) is 5.82 Å². The molecule has 1 aliphatic rings. The molecule has 7 heteroatoms. The third kappa shape index (κ3) is 2.79. The molecule has 5 rings (SSSR count). The Labute approximate surface area is 161 Å². The summed E-state index contributed by atoms with van der Waals surface area (Å²) < 4.78 is 14.4. The van der Waals surface area contributed by atoms with Crippen LogP contribution in [0.1, 0.15) is 25.0 Å². The molecule has 4 aromatic rings. The first-order valence-corrected chi connectivity index (χ1v) is 9.35. The fraction of sp³-hybridized carbons (Fsp3) is 0.238. The zero-order valence-electron chi connectivity index (χ0n) is 15.2. The maximum atomic E-state index is 14.4. The second-order valence-corrected chi connectivity index (χ2v) is 7.25. The Bertz CT molecular complexity index is 1130. The van der Waals surface area contributed by atoms with Gasteiger partial charge in [0.05, 0.1) is 29.3 Å². The Morgan fingerprint density at radius 1 is 1.11 bits per heavy atom. The smallest absolute Gasteiger partial charge is 0.156 e. The highest BCUT2D eigenvalue weighted by Gasteiger charge is 2.42. The van der Waals surface area contributed by atoms with Gasteiger partial charge >= 0.3 is 0 Å². The number of anilines is 1. The summed E-state index contributed by atoms with van der Waals surface area (Å²) in [6, 6.07) is 11.1. The van der Waals surface area contributed by atoms with Crippen LogP contribution in [0.5, 0.6) is 0 Å². The van der Waals surface area contributed by atoms with E-state index < -0.39 is 0 Å². The molecule has 3 heterocycles. The van der Waals surface area contributed by atoms with E-state index >= 15 is 0 Å². The van der Waals surface area contributed by atoms with Crippen molar-refractivity contribution in [2.45, 2.75) is 24.7 Å². The molecule has 0 aliphatic heterocycles. The number of aromatic amines is 1. The van der Waals surface area contributed by atoms with Crippen molar-refractivity contribution in [1.82, 2.24) is 25.1 Å². The number of pyridine rings is 1. The first-order chi connectivity index (χ1) is 13.8. The van der Waals surface area contributed by atoms with Crippen LogP contribution in [0.2, 0.25) is 0 Å². The molecule has 1 fully saturated rings. The van der Waals surface area contributed by atoms with Crippen molar-refractivity contribution in [3.63, 3.8) is 0 Å². The van der Waals surface area contributed by atoms with Crippen molar-refractivity contribution >= 4 is 16.9 Å². The molecule has 2 N–H and O–H groups in total. The first kappa shape index (κ1) is 16.8. The third-order valence-electron chi connectivity index (χ3n) is 5.62. The molecular weight excluding hydrogens is 355 g/mol. The quantitative estimate of drug-likeness (QED) is 0.550. The van der Waals surface area contributed by atoms with Crippen molar-refractivity contribution in [1.29, 1.82) is 0 Å². The van der Waals surface area contributed by atoms with E-state index in [2.05, 4.69) is 30.5 Å². The van der Waals surface area contributed by atoms with Crippen molar-refractivity contribution in [2.75, 3.05) is 11.9 Å². The highest BCUT2D eigenvalue weighted by Crippen LogP contribution is 2.44. The Morgan fingerprint density at radius 3 is 2.86 bits per heavy atom. The highest BCUT2D eigenvalue weighted by atomic mass is 19.1. The van der Waals surface area contributed by atoms with E-state index in [1.54, 1.807) is 24.8 Å². The number of H-pyrrole nitrogens is 1. The summed E-state index contributed by atoms with van der Waals surface area (Å²) in [5, 5.41) is 11.8. The van der Waals surface area contributed by atoms with E-state index in [0.29, 0.717) is 18.1 Å². The number of aromatic nitrogens is 5. The summed E-state index contributed by atoms with van der Waals surface area (Å²) in [6.07, 6.45) is 7.90. The predicted molar refractivity (Wildman–Crippen MR) is 105 cm³/mol. The zero-order valence-corrected chi connectivity index (χ0v) is 15.2. The molecule has 140 valence electrons. The minimum atomic E-state index is -0.298. The highest BCUT2D eigenvalue weighted by molar-refractivity contribution is 5.84. The molecule has 0 saturated heterocycles. The van der Waals surface area contributed by atoms with Crippen LogP contribution in [0.25, 0.3) is 22.2 Å².